The molecule has 8 heteroatoms. The van der Waals surface area contributed by atoms with Gasteiger partial charge in [-0.05, 0) is 48.4 Å². The Morgan fingerprint density at radius 3 is 2.58 bits per heavy atom. The van der Waals surface area contributed by atoms with Crippen molar-refractivity contribution < 1.29 is 33.0 Å². The molecule has 1 amide bonds. The Balaban J connectivity index is 1.71. The summed E-state index contributed by atoms with van der Waals surface area (Å²) in [5.41, 5.74) is 1.52. The van der Waals surface area contributed by atoms with Gasteiger partial charge in [0, 0.05) is 24.7 Å². The number of nitrogens with zero attached hydrogens (tertiary/aromatic N) is 1. The number of hydrogen-bond donors (Lipinski definition) is 0. The maximum Gasteiger partial charge on any atom is 0.330 e. The van der Waals surface area contributed by atoms with Crippen molar-refractivity contribution >= 4 is 29.6 Å². The van der Waals surface area contributed by atoms with Gasteiger partial charge in [-0.1, -0.05) is 12.1 Å². The van der Waals surface area contributed by atoms with Gasteiger partial charge in [-0.15, -0.1) is 0 Å². The average molecular weight is 427 g/mol. The van der Waals surface area contributed by atoms with Crippen LogP contribution in [0.3, 0.4) is 0 Å². The van der Waals surface area contributed by atoms with Gasteiger partial charge in [0.2, 0.25) is 5.91 Å². The molecule has 2 aromatic carbocycles. The van der Waals surface area contributed by atoms with Crippen molar-refractivity contribution in [2.75, 3.05) is 25.7 Å². The molecule has 2 aromatic rings. The molecule has 1 atom stereocenters. The van der Waals surface area contributed by atoms with E-state index in [-0.39, 0.29) is 24.6 Å². The molecule has 1 aliphatic heterocycles. The molecule has 0 radical (unpaired) electrons. The van der Waals surface area contributed by atoms with Crippen LogP contribution in [-0.4, -0.2) is 38.6 Å². The third kappa shape index (κ3) is 5.09. The number of halogens is 1. The number of ether oxygens (including phenoxy) is 3. The summed E-state index contributed by atoms with van der Waals surface area (Å²) in [7, 11) is 2.70. The van der Waals surface area contributed by atoms with E-state index in [1.54, 1.807) is 31.2 Å². The highest BCUT2D eigenvalue weighted by molar-refractivity contribution is 5.99. The average Bonchev–Trinajstić information content (AvgIpc) is 3.16. The molecule has 1 saturated heterocycles. The molecule has 1 fully saturated rings. The summed E-state index contributed by atoms with van der Waals surface area (Å²) in [4.78, 5) is 37.7. The number of carbonyl (C=O) groups is 3. The molecular formula is C23H22FNO6. The van der Waals surface area contributed by atoms with Gasteiger partial charge < -0.3 is 19.1 Å². The Bertz CT molecular complexity index is 1050. The lowest BCUT2D eigenvalue weighted by atomic mass is 10.1. The smallest absolute Gasteiger partial charge is 0.330 e. The predicted octanol–water partition coefficient (Wildman–Crippen LogP) is 3.29. The van der Waals surface area contributed by atoms with Crippen molar-refractivity contribution in [3.8, 4) is 11.5 Å². The first-order chi connectivity index (χ1) is 14.8. The fraction of sp³-hybridized carbons (Fsp3) is 0.261. The van der Waals surface area contributed by atoms with Gasteiger partial charge in [0.1, 0.15) is 5.82 Å². The van der Waals surface area contributed by atoms with E-state index >= 15 is 0 Å². The zero-order valence-corrected chi connectivity index (χ0v) is 17.4. The number of benzene rings is 2. The van der Waals surface area contributed by atoms with Gasteiger partial charge in [0.05, 0.1) is 20.1 Å². The van der Waals surface area contributed by atoms with E-state index < -0.39 is 23.7 Å². The van der Waals surface area contributed by atoms with Crippen molar-refractivity contribution in [1.82, 2.24) is 0 Å². The molecule has 31 heavy (non-hydrogen) atoms. The van der Waals surface area contributed by atoms with Gasteiger partial charge in [-0.25, -0.2) is 9.18 Å². The Kier molecular flexibility index (Phi) is 6.69. The van der Waals surface area contributed by atoms with Gasteiger partial charge in [0.25, 0.3) is 0 Å². The molecule has 0 aliphatic carbocycles. The third-order valence-corrected chi connectivity index (χ3v) is 4.94. The van der Waals surface area contributed by atoms with Crippen LogP contribution in [0.4, 0.5) is 10.1 Å². The van der Waals surface area contributed by atoms with Crippen molar-refractivity contribution in [3.63, 3.8) is 0 Å². The van der Waals surface area contributed by atoms with E-state index in [9.17, 15) is 18.8 Å². The second-order valence-electron chi connectivity index (χ2n) is 7.03. The van der Waals surface area contributed by atoms with Crippen LogP contribution >= 0.6 is 0 Å². The molecule has 0 bridgehead atoms. The minimum Gasteiger partial charge on any atom is -0.493 e. The SMILES string of the molecule is COC(=O)/C=C/c1ccc(OC(=O)C2CC(=O)N(c3ccc(C)c(F)c3)C2)c(OC)c1. The number of anilines is 1. The highest BCUT2D eigenvalue weighted by atomic mass is 19.1. The quantitative estimate of drug-likeness (QED) is 0.400. The summed E-state index contributed by atoms with van der Waals surface area (Å²) in [6.07, 6.45) is 2.76. The molecule has 0 N–H and O–H groups in total. The van der Waals surface area contributed by atoms with Crippen LogP contribution in [0.15, 0.2) is 42.5 Å². The van der Waals surface area contributed by atoms with Crippen LogP contribution in [-0.2, 0) is 19.1 Å². The number of amides is 1. The molecule has 7 nitrogen and oxygen atoms in total. The number of hydrogen-bond acceptors (Lipinski definition) is 6. The van der Waals surface area contributed by atoms with E-state index in [0.29, 0.717) is 22.6 Å². The Labute approximate surface area is 179 Å². The van der Waals surface area contributed by atoms with E-state index in [1.165, 1.54) is 43.4 Å². The van der Waals surface area contributed by atoms with Gasteiger partial charge in [-0.3, -0.25) is 9.59 Å². The molecule has 1 heterocycles. The summed E-state index contributed by atoms with van der Waals surface area (Å²) in [5.74, 6) is -1.99. The summed E-state index contributed by atoms with van der Waals surface area (Å²) < 4.78 is 29.1. The lowest BCUT2D eigenvalue weighted by Gasteiger charge is -2.17. The van der Waals surface area contributed by atoms with Crippen molar-refractivity contribution in [2.24, 2.45) is 5.92 Å². The molecule has 162 valence electrons. The first kappa shape index (κ1) is 22.0. The van der Waals surface area contributed by atoms with Gasteiger partial charge in [0.15, 0.2) is 11.5 Å². The van der Waals surface area contributed by atoms with Crippen molar-refractivity contribution in [2.45, 2.75) is 13.3 Å². The number of methoxy groups -OCH3 is 2. The lowest BCUT2D eigenvalue weighted by molar-refractivity contribution is -0.139. The monoisotopic (exact) mass is 427 g/mol. The Morgan fingerprint density at radius 1 is 1.13 bits per heavy atom. The summed E-state index contributed by atoms with van der Waals surface area (Å²) in [6.45, 7) is 1.73. The highest BCUT2D eigenvalue weighted by Gasteiger charge is 2.37. The largest absolute Gasteiger partial charge is 0.493 e. The Hall–Kier alpha value is -3.68. The van der Waals surface area contributed by atoms with Crippen LogP contribution in [0.5, 0.6) is 11.5 Å². The Morgan fingerprint density at radius 2 is 1.90 bits per heavy atom. The van der Waals surface area contributed by atoms with Gasteiger partial charge in [-0.2, -0.15) is 0 Å². The normalized spacial score (nSPS) is 15.9. The summed E-state index contributed by atoms with van der Waals surface area (Å²) >= 11 is 0. The second kappa shape index (κ2) is 9.42. The zero-order valence-electron chi connectivity index (χ0n) is 17.4. The summed E-state index contributed by atoms with van der Waals surface area (Å²) in [5, 5.41) is 0. The van der Waals surface area contributed by atoms with Crippen LogP contribution < -0.4 is 14.4 Å². The van der Waals surface area contributed by atoms with Crippen LogP contribution in [0.25, 0.3) is 6.08 Å². The molecule has 1 aliphatic rings. The standard InChI is InChI=1S/C23H22FNO6/c1-14-4-7-17(12-18(14)24)25-13-16(11-21(25)26)23(28)31-19-8-5-15(10-20(19)29-2)6-9-22(27)30-3/h4-10,12,16H,11,13H2,1-3H3/b9-6+. The summed E-state index contributed by atoms with van der Waals surface area (Å²) in [6, 6.07) is 9.30. The fourth-order valence-electron chi connectivity index (χ4n) is 3.16. The fourth-order valence-corrected chi connectivity index (χ4v) is 3.16. The molecular weight excluding hydrogens is 405 g/mol. The van der Waals surface area contributed by atoms with Gasteiger partial charge >= 0.3 is 11.9 Å². The maximum absolute atomic E-state index is 13.9. The van der Waals surface area contributed by atoms with E-state index in [1.807, 2.05) is 0 Å². The highest BCUT2D eigenvalue weighted by Crippen LogP contribution is 2.32. The molecule has 0 saturated carbocycles. The van der Waals surface area contributed by atoms with Crippen LogP contribution in [0.1, 0.15) is 17.5 Å². The number of aryl methyl sites for hydroxylation is 1. The van der Waals surface area contributed by atoms with Crippen LogP contribution in [0.2, 0.25) is 0 Å². The number of rotatable bonds is 6. The molecule has 0 aromatic heterocycles. The minimum atomic E-state index is -0.694. The van der Waals surface area contributed by atoms with Crippen LogP contribution in [0, 0.1) is 18.7 Å². The maximum atomic E-state index is 13.9. The lowest BCUT2D eigenvalue weighted by Crippen LogP contribution is -2.27. The van der Waals surface area contributed by atoms with E-state index in [4.69, 9.17) is 9.47 Å². The second-order valence-corrected chi connectivity index (χ2v) is 7.03. The minimum absolute atomic E-state index is 0.0312. The van der Waals surface area contributed by atoms with E-state index in [2.05, 4.69) is 4.74 Å². The number of carbonyl (C=O) groups excluding carboxylic acids is 3. The van der Waals surface area contributed by atoms with Crippen molar-refractivity contribution in [1.29, 1.82) is 0 Å². The van der Waals surface area contributed by atoms with E-state index in [0.717, 1.165) is 0 Å². The topological polar surface area (TPSA) is 82.1 Å². The predicted molar refractivity (Wildman–Crippen MR) is 111 cm³/mol. The van der Waals surface area contributed by atoms with Crippen molar-refractivity contribution in [3.05, 3.63) is 59.4 Å². The molecule has 0 spiro atoms. The first-order valence-electron chi connectivity index (χ1n) is 9.54. The number of esters is 2. The third-order valence-electron chi connectivity index (χ3n) is 4.94. The first-order valence-corrected chi connectivity index (χ1v) is 9.54. The molecule has 1 unspecified atom stereocenters. The molecule has 3 rings (SSSR count). The zero-order chi connectivity index (χ0) is 22.5.